The minimum atomic E-state index is -0.393. The second kappa shape index (κ2) is 6.54. The Morgan fingerprint density at radius 3 is 2.54 bits per heavy atom. The number of nitro groups is 1. The summed E-state index contributed by atoms with van der Waals surface area (Å²) in [6.07, 6.45) is 1.56. The van der Waals surface area contributed by atoms with Crippen LogP contribution in [0.3, 0.4) is 0 Å². The lowest BCUT2D eigenvalue weighted by Crippen LogP contribution is -2.03. The number of nitro benzene ring substituents is 1. The van der Waals surface area contributed by atoms with E-state index >= 15 is 0 Å². The van der Waals surface area contributed by atoms with E-state index in [0.717, 1.165) is 11.1 Å². The van der Waals surface area contributed by atoms with Gasteiger partial charge in [-0.1, -0.05) is 23.8 Å². The van der Waals surface area contributed by atoms with Gasteiger partial charge in [0.15, 0.2) is 0 Å². The van der Waals surface area contributed by atoms with Crippen LogP contribution in [0, 0.1) is 24.0 Å². The zero-order chi connectivity index (χ0) is 17.1. The van der Waals surface area contributed by atoms with Gasteiger partial charge in [0, 0.05) is 11.6 Å². The monoisotopic (exact) mass is 323 g/mol. The lowest BCUT2D eigenvalue weighted by atomic mass is 10.1. The molecule has 0 aliphatic heterocycles. The fourth-order valence-corrected chi connectivity index (χ4v) is 2.34. The average molecular weight is 323 g/mol. The van der Waals surface area contributed by atoms with E-state index < -0.39 is 4.92 Å². The average Bonchev–Trinajstić information content (AvgIpc) is 3.03. The molecule has 24 heavy (non-hydrogen) atoms. The molecule has 122 valence electrons. The number of oxazole rings is 1. The van der Waals surface area contributed by atoms with Gasteiger partial charge < -0.3 is 9.73 Å². The van der Waals surface area contributed by atoms with Crippen molar-refractivity contribution in [3.63, 3.8) is 0 Å². The van der Waals surface area contributed by atoms with Crippen molar-refractivity contribution in [3.8, 4) is 11.5 Å². The maximum atomic E-state index is 11.1. The van der Waals surface area contributed by atoms with E-state index in [0.29, 0.717) is 23.8 Å². The van der Waals surface area contributed by atoms with Gasteiger partial charge in [-0.15, -0.1) is 0 Å². The first-order chi connectivity index (χ1) is 11.5. The second-order valence-electron chi connectivity index (χ2n) is 5.64. The predicted octanol–water partition coefficient (Wildman–Crippen LogP) is 4.48. The molecule has 3 aromatic rings. The van der Waals surface area contributed by atoms with Crippen molar-refractivity contribution in [3.05, 3.63) is 75.7 Å². The smallest absolute Gasteiger partial charge is 0.292 e. The topological polar surface area (TPSA) is 81.2 Å². The molecule has 0 bridgehead atoms. The maximum Gasteiger partial charge on any atom is 0.292 e. The molecule has 2 aromatic carbocycles. The van der Waals surface area contributed by atoms with Crippen LogP contribution in [0.5, 0.6) is 0 Å². The number of aromatic nitrogens is 1. The zero-order valence-electron chi connectivity index (χ0n) is 13.4. The van der Waals surface area contributed by atoms with Crippen LogP contribution < -0.4 is 5.32 Å². The van der Waals surface area contributed by atoms with Crippen LogP contribution >= 0.6 is 0 Å². The molecule has 6 heteroatoms. The van der Waals surface area contributed by atoms with Crippen LogP contribution in [0.25, 0.3) is 11.5 Å². The van der Waals surface area contributed by atoms with Gasteiger partial charge in [-0.3, -0.25) is 10.1 Å². The highest BCUT2D eigenvalue weighted by Gasteiger charge is 2.14. The van der Waals surface area contributed by atoms with Crippen LogP contribution in [0.1, 0.15) is 16.8 Å². The highest BCUT2D eigenvalue weighted by atomic mass is 16.6. The summed E-state index contributed by atoms with van der Waals surface area (Å²) in [7, 11) is 0. The second-order valence-corrected chi connectivity index (χ2v) is 5.64. The van der Waals surface area contributed by atoms with Gasteiger partial charge in [-0.2, -0.15) is 0 Å². The molecule has 0 unspecified atom stereocenters. The van der Waals surface area contributed by atoms with Gasteiger partial charge in [0.1, 0.15) is 12.0 Å². The summed E-state index contributed by atoms with van der Waals surface area (Å²) in [6.45, 7) is 4.19. The number of rotatable bonds is 5. The standard InChI is InChI=1S/C18H17N3O3/c1-12-3-6-14(7-4-12)18-20-15(11-24-18)10-19-16-8-5-13(2)9-17(16)21(22)23/h3-9,11,19H,10H2,1-2H3. The summed E-state index contributed by atoms with van der Waals surface area (Å²) in [5.41, 5.74) is 4.10. The Labute approximate surface area is 139 Å². The highest BCUT2D eigenvalue weighted by molar-refractivity contribution is 5.62. The van der Waals surface area contributed by atoms with Crippen molar-refractivity contribution >= 4 is 11.4 Å². The summed E-state index contributed by atoms with van der Waals surface area (Å²) in [5, 5.41) is 14.2. The van der Waals surface area contributed by atoms with Crippen molar-refractivity contribution in [1.82, 2.24) is 4.98 Å². The van der Waals surface area contributed by atoms with Crippen molar-refractivity contribution < 1.29 is 9.34 Å². The molecule has 0 aliphatic carbocycles. The molecule has 0 atom stereocenters. The number of nitrogens with one attached hydrogen (secondary N) is 1. The third-order valence-electron chi connectivity index (χ3n) is 3.66. The number of hydrogen-bond acceptors (Lipinski definition) is 5. The molecule has 0 aliphatic rings. The molecule has 6 nitrogen and oxygen atoms in total. The van der Waals surface area contributed by atoms with Crippen molar-refractivity contribution in [2.45, 2.75) is 20.4 Å². The van der Waals surface area contributed by atoms with E-state index in [2.05, 4.69) is 10.3 Å². The largest absolute Gasteiger partial charge is 0.444 e. The molecule has 0 spiro atoms. The van der Waals surface area contributed by atoms with Crippen LogP contribution in [-0.2, 0) is 6.54 Å². The Bertz CT molecular complexity index is 869. The van der Waals surface area contributed by atoms with Gasteiger partial charge >= 0.3 is 0 Å². The maximum absolute atomic E-state index is 11.1. The molecule has 0 radical (unpaired) electrons. The van der Waals surface area contributed by atoms with Gasteiger partial charge in [-0.05, 0) is 37.6 Å². The normalized spacial score (nSPS) is 10.6. The molecule has 0 fully saturated rings. The van der Waals surface area contributed by atoms with Gasteiger partial charge in [-0.25, -0.2) is 4.98 Å². The first kappa shape index (κ1) is 15.7. The molecule has 1 aromatic heterocycles. The number of hydrogen-bond donors (Lipinski definition) is 1. The number of nitrogens with zero attached hydrogens (tertiary/aromatic N) is 2. The van der Waals surface area contributed by atoms with E-state index in [1.165, 1.54) is 5.56 Å². The van der Waals surface area contributed by atoms with Crippen LogP contribution in [0.2, 0.25) is 0 Å². The van der Waals surface area contributed by atoms with Gasteiger partial charge in [0.25, 0.3) is 5.69 Å². The molecular weight excluding hydrogens is 306 g/mol. The summed E-state index contributed by atoms with van der Waals surface area (Å²) >= 11 is 0. The highest BCUT2D eigenvalue weighted by Crippen LogP contribution is 2.26. The lowest BCUT2D eigenvalue weighted by molar-refractivity contribution is -0.384. The molecule has 1 N–H and O–H groups in total. The molecule has 0 saturated carbocycles. The Hall–Kier alpha value is -3.15. The predicted molar refractivity (Wildman–Crippen MR) is 91.8 cm³/mol. The Morgan fingerprint density at radius 2 is 1.83 bits per heavy atom. The molecular formula is C18H17N3O3. The minimum absolute atomic E-state index is 0.0530. The van der Waals surface area contributed by atoms with Crippen LogP contribution in [-0.4, -0.2) is 9.91 Å². The van der Waals surface area contributed by atoms with Crippen molar-refractivity contribution in [2.75, 3.05) is 5.32 Å². The minimum Gasteiger partial charge on any atom is -0.444 e. The summed E-state index contributed by atoms with van der Waals surface area (Å²) in [4.78, 5) is 15.2. The molecule has 3 rings (SSSR count). The van der Waals surface area contributed by atoms with Gasteiger partial charge in [0.05, 0.1) is 17.2 Å². The number of benzene rings is 2. The first-order valence-corrected chi connectivity index (χ1v) is 7.53. The quantitative estimate of drug-likeness (QED) is 0.553. The SMILES string of the molecule is Cc1ccc(-c2nc(CNc3ccc(C)cc3[N+](=O)[O-])co2)cc1. The lowest BCUT2D eigenvalue weighted by Gasteiger charge is -2.05. The Kier molecular flexibility index (Phi) is 4.29. The van der Waals surface area contributed by atoms with E-state index in [1.54, 1.807) is 18.4 Å². The summed E-state index contributed by atoms with van der Waals surface area (Å²) in [5.74, 6) is 0.533. The van der Waals surface area contributed by atoms with E-state index in [4.69, 9.17) is 4.42 Å². The fraction of sp³-hybridized carbons (Fsp3) is 0.167. The first-order valence-electron chi connectivity index (χ1n) is 7.53. The Morgan fingerprint density at radius 1 is 1.12 bits per heavy atom. The zero-order valence-corrected chi connectivity index (χ0v) is 13.4. The van der Waals surface area contributed by atoms with Crippen molar-refractivity contribution in [1.29, 1.82) is 0 Å². The third kappa shape index (κ3) is 3.43. The fourth-order valence-electron chi connectivity index (χ4n) is 2.34. The van der Waals surface area contributed by atoms with Gasteiger partial charge in [0.2, 0.25) is 5.89 Å². The molecule has 0 saturated heterocycles. The Balaban J connectivity index is 1.74. The van der Waals surface area contributed by atoms with Crippen LogP contribution in [0.15, 0.2) is 53.1 Å². The molecule has 1 heterocycles. The number of anilines is 1. The third-order valence-corrected chi connectivity index (χ3v) is 3.66. The van der Waals surface area contributed by atoms with E-state index in [9.17, 15) is 10.1 Å². The van der Waals surface area contributed by atoms with Crippen LogP contribution in [0.4, 0.5) is 11.4 Å². The molecule has 0 amide bonds. The van der Waals surface area contributed by atoms with Crippen molar-refractivity contribution in [2.24, 2.45) is 0 Å². The number of aryl methyl sites for hydroxylation is 2. The van der Waals surface area contributed by atoms with E-state index in [1.807, 2.05) is 44.2 Å². The summed E-state index contributed by atoms with van der Waals surface area (Å²) in [6, 6.07) is 13.0. The summed E-state index contributed by atoms with van der Waals surface area (Å²) < 4.78 is 5.49. The van der Waals surface area contributed by atoms with E-state index in [-0.39, 0.29) is 5.69 Å².